The molecular weight excluding hydrogens is 359 g/mol. The Bertz CT molecular complexity index is 1060. The van der Waals surface area contributed by atoms with Crippen LogP contribution in [0.3, 0.4) is 0 Å². The van der Waals surface area contributed by atoms with Gasteiger partial charge in [0.2, 0.25) is 0 Å². The largest absolute Gasteiger partial charge is 0.305 e. The molecule has 26 heavy (non-hydrogen) atoms. The Balaban J connectivity index is 1.84. The second kappa shape index (κ2) is 6.96. The second-order valence-corrected chi connectivity index (χ2v) is 7.12. The third kappa shape index (κ3) is 3.89. The van der Waals surface area contributed by atoms with Crippen LogP contribution in [0.4, 0.5) is 15.9 Å². The summed E-state index contributed by atoms with van der Waals surface area (Å²) in [4.78, 5) is 12.1. The van der Waals surface area contributed by atoms with Crippen LogP contribution in [-0.4, -0.2) is 24.1 Å². The van der Waals surface area contributed by atoms with E-state index in [2.05, 4.69) is 15.1 Å². The number of para-hydroxylation sites is 1. The summed E-state index contributed by atoms with van der Waals surface area (Å²) in [6.45, 7) is 0. The first-order valence-electron chi connectivity index (χ1n) is 7.53. The predicted octanol–water partition coefficient (Wildman–Crippen LogP) is 2.61. The lowest BCUT2D eigenvalue weighted by Gasteiger charge is -2.10. The second-order valence-electron chi connectivity index (χ2n) is 5.44. The van der Waals surface area contributed by atoms with E-state index in [1.165, 1.54) is 47.1 Å². The maximum atomic E-state index is 13.7. The molecule has 2 N–H and O–H groups in total. The average molecular weight is 374 g/mol. The quantitative estimate of drug-likeness (QED) is 0.718. The van der Waals surface area contributed by atoms with E-state index in [1.807, 2.05) is 0 Å². The van der Waals surface area contributed by atoms with E-state index in [9.17, 15) is 17.6 Å². The normalized spacial score (nSPS) is 11.2. The van der Waals surface area contributed by atoms with Crippen molar-refractivity contribution in [3.8, 4) is 0 Å². The number of hydrogen-bond donors (Lipinski definition) is 2. The van der Waals surface area contributed by atoms with Gasteiger partial charge in [0, 0.05) is 24.9 Å². The third-order valence-corrected chi connectivity index (χ3v) is 4.84. The number of nitrogens with zero attached hydrogens (tertiary/aromatic N) is 2. The van der Waals surface area contributed by atoms with Crippen LogP contribution in [0.25, 0.3) is 0 Å². The summed E-state index contributed by atoms with van der Waals surface area (Å²) < 4.78 is 42.3. The molecule has 0 radical (unpaired) electrons. The first kappa shape index (κ1) is 17.6. The molecule has 0 spiro atoms. The Morgan fingerprint density at radius 2 is 1.88 bits per heavy atom. The van der Waals surface area contributed by atoms with Crippen molar-refractivity contribution < 1.29 is 17.6 Å². The first-order valence-corrected chi connectivity index (χ1v) is 9.02. The summed E-state index contributed by atoms with van der Waals surface area (Å²) in [5.41, 5.74) is -0.0390. The number of rotatable bonds is 5. The topological polar surface area (TPSA) is 93.1 Å². The zero-order valence-corrected chi connectivity index (χ0v) is 14.5. The van der Waals surface area contributed by atoms with Gasteiger partial charge in [0.25, 0.3) is 15.9 Å². The zero-order valence-electron chi connectivity index (χ0n) is 13.7. The van der Waals surface area contributed by atoms with Crippen molar-refractivity contribution in [2.45, 2.75) is 4.90 Å². The van der Waals surface area contributed by atoms with Crippen molar-refractivity contribution in [2.75, 3.05) is 10.0 Å². The molecule has 9 heteroatoms. The van der Waals surface area contributed by atoms with Crippen LogP contribution in [0.5, 0.6) is 0 Å². The van der Waals surface area contributed by atoms with Gasteiger partial charge < -0.3 is 5.32 Å². The van der Waals surface area contributed by atoms with Crippen LogP contribution in [0.1, 0.15) is 10.4 Å². The molecule has 0 atom stereocenters. The minimum absolute atomic E-state index is 0.132. The number of nitrogens with one attached hydrogen (secondary N) is 2. The highest BCUT2D eigenvalue weighted by atomic mass is 32.2. The Hall–Kier alpha value is -3.20. The molecule has 0 bridgehead atoms. The summed E-state index contributed by atoms with van der Waals surface area (Å²) in [6, 6.07) is 12.5. The molecule has 0 aliphatic heterocycles. The van der Waals surface area contributed by atoms with E-state index in [1.54, 1.807) is 19.3 Å². The maximum Gasteiger partial charge on any atom is 0.262 e. The van der Waals surface area contributed by atoms with Gasteiger partial charge in [0.05, 0.1) is 10.6 Å². The van der Waals surface area contributed by atoms with Gasteiger partial charge in [-0.05, 0) is 30.3 Å². The molecule has 7 nitrogen and oxygen atoms in total. The minimum Gasteiger partial charge on any atom is -0.305 e. The Kier molecular flexibility index (Phi) is 4.72. The maximum absolute atomic E-state index is 13.7. The van der Waals surface area contributed by atoms with E-state index in [0.717, 1.165) is 6.07 Å². The number of anilines is 2. The molecular formula is C17H15FN4O3S. The average Bonchev–Trinajstić information content (AvgIpc) is 3.02. The lowest BCUT2D eigenvalue weighted by molar-refractivity contribution is 0.102. The monoisotopic (exact) mass is 374 g/mol. The molecule has 134 valence electrons. The lowest BCUT2D eigenvalue weighted by Crippen LogP contribution is -2.16. The zero-order chi connectivity index (χ0) is 18.7. The molecule has 2 aromatic carbocycles. The smallest absolute Gasteiger partial charge is 0.262 e. The van der Waals surface area contributed by atoms with Crippen molar-refractivity contribution in [3.05, 3.63) is 72.2 Å². The number of hydrogen-bond acceptors (Lipinski definition) is 4. The van der Waals surface area contributed by atoms with Gasteiger partial charge in [-0.25, -0.2) is 12.8 Å². The highest BCUT2D eigenvalue weighted by molar-refractivity contribution is 7.92. The van der Waals surface area contributed by atoms with Gasteiger partial charge in [0.15, 0.2) is 5.82 Å². The fraction of sp³-hybridized carbons (Fsp3) is 0.0588. The summed E-state index contributed by atoms with van der Waals surface area (Å²) >= 11 is 0. The van der Waals surface area contributed by atoms with Crippen LogP contribution >= 0.6 is 0 Å². The van der Waals surface area contributed by atoms with Gasteiger partial charge in [0.1, 0.15) is 5.82 Å². The van der Waals surface area contributed by atoms with Gasteiger partial charge in [-0.15, -0.1) is 0 Å². The third-order valence-electron chi connectivity index (χ3n) is 3.48. The number of carbonyl (C=O) groups is 1. The number of sulfonamides is 1. The van der Waals surface area contributed by atoms with Crippen molar-refractivity contribution >= 4 is 27.4 Å². The molecule has 1 heterocycles. The van der Waals surface area contributed by atoms with Crippen molar-refractivity contribution in [2.24, 2.45) is 7.05 Å². The number of benzene rings is 2. The van der Waals surface area contributed by atoms with E-state index < -0.39 is 21.7 Å². The van der Waals surface area contributed by atoms with E-state index in [-0.39, 0.29) is 16.1 Å². The highest BCUT2D eigenvalue weighted by Gasteiger charge is 2.18. The fourth-order valence-electron chi connectivity index (χ4n) is 2.22. The summed E-state index contributed by atoms with van der Waals surface area (Å²) in [6.07, 6.45) is 1.66. The van der Waals surface area contributed by atoms with Crippen LogP contribution in [-0.2, 0) is 17.1 Å². The van der Waals surface area contributed by atoms with Gasteiger partial charge >= 0.3 is 0 Å². The number of halogens is 1. The number of amides is 1. The van der Waals surface area contributed by atoms with Crippen molar-refractivity contribution in [1.82, 2.24) is 9.78 Å². The molecule has 3 rings (SSSR count). The first-order chi connectivity index (χ1) is 12.3. The molecule has 0 saturated heterocycles. The van der Waals surface area contributed by atoms with Crippen LogP contribution in [0, 0.1) is 5.82 Å². The van der Waals surface area contributed by atoms with Gasteiger partial charge in [-0.1, -0.05) is 18.2 Å². The molecule has 0 fully saturated rings. The number of aryl methyl sites for hydroxylation is 1. The molecule has 1 amide bonds. The predicted molar refractivity (Wildman–Crippen MR) is 94.8 cm³/mol. The SMILES string of the molecule is Cn1ccc(NC(=O)c2cccc(S(=O)(=O)Nc3ccccc3F)c2)n1. The highest BCUT2D eigenvalue weighted by Crippen LogP contribution is 2.20. The van der Waals surface area contributed by atoms with E-state index in [0.29, 0.717) is 5.82 Å². The fourth-order valence-corrected chi connectivity index (χ4v) is 3.34. The molecule has 0 aliphatic rings. The standard InChI is InChI=1S/C17H15FN4O3S/c1-22-10-9-16(20-22)19-17(23)12-5-4-6-13(11-12)26(24,25)21-15-8-3-2-7-14(15)18/h2-11,21H,1H3,(H,19,20,23). The van der Waals surface area contributed by atoms with Gasteiger partial charge in [-0.3, -0.25) is 14.2 Å². The van der Waals surface area contributed by atoms with E-state index >= 15 is 0 Å². The van der Waals surface area contributed by atoms with Crippen LogP contribution < -0.4 is 10.0 Å². The molecule has 3 aromatic rings. The molecule has 0 unspecified atom stereocenters. The molecule has 0 aliphatic carbocycles. The van der Waals surface area contributed by atoms with Crippen molar-refractivity contribution in [1.29, 1.82) is 0 Å². The summed E-state index contributed by atoms with van der Waals surface area (Å²) in [7, 11) is -2.34. The van der Waals surface area contributed by atoms with Crippen LogP contribution in [0.15, 0.2) is 65.7 Å². The summed E-state index contributed by atoms with van der Waals surface area (Å²) in [5.74, 6) is -0.859. The minimum atomic E-state index is -4.05. The van der Waals surface area contributed by atoms with E-state index in [4.69, 9.17) is 0 Å². The van der Waals surface area contributed by atoms with Gasteiger partial charge in [-0.2, -0.15) is 5.10 Å². The van der Waals surface area contributed by atoms with Crippen molar-refractivity contribution in [3.63, 3.8) is 0 Å². The Labute approximate surface area is 149 Å². The molecule has 1 aromatic heterocycles. The number of aromatic nitrogens is 2. The Morgan fingerprint density at radius 3 is 2.58 bits per heavy atom. The number of carbonyl (C=O) groups excluding carboxylic acids is 1. The lowest BCUT2D eigenvalue weighted by atomic mass is 10.2. The summed E-state index contributed by atoms with van der Waals surface area (Å²) in [5, 5.41) is 6.60. The molecule has 0 saturated carbocycles. The Morgan fingerprint density at radius 1 is 1.12 bits per heavy atom. The van der Waals surface area contributed by atoms with Crippen LogP contribution in [0.2, 0.25) is 0 Å².